The van der Waals surface area contributed by atoms with Crippen molar-refractivity contribution in [1.82, 2.24) is 0 Å². The number of para-hydroxylation sites is 1. The smallest absolute Gasteiger partial charge is 0.163 e. The molecule has 2 rings (SSSR count). The van der Waals surface area contributed by atoms with Crippen LogP contribution in [0, 0.1) is 11.6 Å². The number of hydrogen-bond acceptors (Lipinski definition) is 2. The van der Waals surface area contributed by atoms with Crippen LogP contribution in [0.15, 0.2) is 48.5 Å². The molecule has 100 valence electrons. The molecule has 4 heteroatoms. The SMILES string of the molecule is NC(CCOc1ccccc1)c1cccc(F)c1F. The van der Waals surface area contributed by atoms with Crippen molar-refractivity contribution in [3.05, 3.63) is 65.7 Å². The fourth-order valence-electron chi connectivity index (χ4n) is 1.78. The van der Waals surface area contributed by atoms with Crippen molar-refractivity contribution in [2.24, 2.45) is 5.73 Å². The molecule has 0 amide bonds. The number of benzene rings is 2. The summed E-state index contributed by atoms with van der Waals surface area (Å²) in [6.07, 6.45) is 0.412. The molecule has 0 fully saturated rings. The Morgan fingerprint density at radius 1 is 1.00 bits per heavy atom. The van der Waals surface area contributed by atoms with Crippen LogP contribution in [0.3, 0.4) is 0 Å². The van der Waals surface area contributed by atoms with Crippen LogP contribution in [0.1, 0.15) is 18.0 Å². The second kappa shape index (κ2) is 6.29. The van der Waals surface area contributed by atoms with Crippen LogP contribution < -0.4 is 10.5 Å². The summed E-state index contributed by atoms with van der Waals surface area (Å²) in [5, 5.41) is 0. The van der Waals surface area contributed by atoms with Crippen molar-refractivity contribution >= 4 is 0 Å². The van der Waals surface area contributed by atoms with E-state index in [1.54, 1.807) is 0 Å². The number of nitrogens with two attached hydrogens (primary N) is 1. The number of halogens is 2. The van der Waals surface area contributed by atoms with Gasteiger partial charge in [-0.05, 0) is 18.2 Å². The lowest BCUT2D eigenvalue weighted by atomic mass is 10.0. The van der Waals surface area contributed by atoms with Crippen LogP contribution in [0.2, 0.25) is 0 Å². The van der Waals surface area contributed by atoms with Gasteiger partial charge in [-0.15, -0.1) is 0 Å². The van der Waals surface area contributed by atoms with E-state index in [-0.39, 0.29) is 5.56 Å². The van der Waals surface area contributed by atoms with Gasteiger partial charge in [-0.1, -0.05) is 30.3 Å². The Morgan fingerprint density at radius 3 is 2.47 bits per heavy atom. The molecule has 19 heavy (non-hydrogen) atoms. The van der Waals surface area contributed by atoms with E-state index in [0.29, 0.717) is 13.0 Å². The lowest BCUT2D eigenvalue weighted by Gasteiger charge is -2.14. The topological polar surface area (TPSA) is 35.2 Å². The van der Waals surface area contributed by atoms with Crippen molar-refractivity contribution in [1.29, 1.82) is 0 Å². The van der Waals surface area contributed by atoms with Crippen LogP contribution in [0.4, 0.5) is 8.78 Å². The molecule has 0 radical (unpaired) electrons. The molecule has 0 spiro atoms. The Labute approximate surface area is 110 Å². The minimum atomic E-state index is -0.880. The fraction of sp³-hybridized carbons (Fsp3) is 0.200. The highest BCUT2D eigenvalue weighted by atomic mass is 19.2. The maximum Gasteiger partial charge on any atom is 0.163 e. The number of rotatable bonds is 5. The van der Waals surface area contributed by atoms with Crippen LogP contribution >= 0.6 is 0 Å². The first-order valence-electron chi connectivity index (χ1n) is 6.06. The summed E-state index contributed by atoms with van der Waals surface area (Å²) >= 11 is 0. The first-order valence-corrected chi connectivity index (χ1v) is 6.06. The number of hydrogen-bond donors (Lipinski definition) is 1. The quantitative estimate of drug-likeness (QED) is 0.897. The maximum atomic E-state index is 13.5. The molecular weight excluding hydrogens is 248 g/mol. The molecule has 0 heterocycles. The van der Waals surface area contributed by atoms with Gasteiger partial charge in [-0.3, -0.25) is 0 Å². The molecule has 0 bridgehead atoms. The zero-order valence-corrected chi connectivity index (χ0v) is 10.4. The largest absolute Gasteiger partial charge is 0.494 e. The van der Waals surface area contributed by atoms with Crippen molar-refractivity contribution in [2.45, 2.75) is 12.5 Å². The lowest BCUT2D eigenvalue weighted by molar-refractivity contribution is 0.296. The van der Waals surface area contributed by atoms with Gasteiger partial charge in [0.2, 0.25) is 0 Å². The third-order valence-electron chi connectivity index (χ3n) is 2.82. The Kier molecular flexibility index (Phi) is 4.47. The van der Waals surface area contributed by atoms with Gasteiger partial charge in [-0.2, -0.15) is 0 Å². The van der Waals surface area contributed by atoms with Gasteiger partial charge in [0, 0.05) is 18.0 Å². The normalized spacial score (nSPS) is 12.2. The Balaban J connectivity index is 1.91. The summed E-state index contributed by atoms with van der Waals surface area (Å²) in [5.41, 5.74) is 6.02. The highest BCUT2D eigenvalue weighted by molar-refractivity contribution is 5.23. The zero-order valence-electron chi connectivity index (χ0n) is 10.4. The van der Waals surface area contributed by atoms with Gasteiger partial charge in [0.05, 0.1) is 6.61 Å². The minimum Gasteiger partial charge on any atom is -0.494 e. The van der Waals surface area contributed by atoms with Gasteiger partial charge in [-0.25, -0.2) is 8.78 Å². The number of ether oxygens (including phenoxy) is 1. The van der Waals surface area contributed by atoms with E-state index in [9.17, 15) is 8.78 Å². The lowest BCUT2D eigenvalue weighted by Crippen LogP contribution is -2.16. The van der Waals surface area contributed by atoms with Crippen LogP contribution in [0.25, 0.3) is 0 Å². The molecule has 0 aliphatic rings. The average Bonchev–Trinajstić information content (AvgIpc) is 2.43. The third-order valence-corrected chi connectivity index (χ3v) is 2.82. The van der Waals surface area contributed by atoms with Gasteiger partial charge in [0.1, 0.15) is 5.75 Å². The second-order valence-corrected chi connectivity index (χ2v) is 4.20. The van der Waals surface area contributed by atoms with Gasteiger partial charge in [0.15, 0.2) is 11.6 Å². The molecule has 0 aliphatic carbocycles. The molecule has 2 aromatic rings. The van der Waals surface area contributed by atoms with Crippen LogP contribution in [-0.4, -0.2) is 6.61 Å². The van der Waals surface area contributed by atoms with E-state index in [1.807, 2.05) is 30.3 Å². The summed E-state index contributed by atoms with van der Waals surface area (Å²) in [7, 11) is 0. The van der Waals surface area contributed by atoms with E-state index in [1.165, 1.54) is 12.1 Å². The highest BCUT2D eigenvalue weighted by Gasteiger charge is 2.14. The first-order chi connectivity index (χ1) is 9.18. The highest BCUT2D eigenvalue weighted by Crippen LogP contribution is 2.20. The molecule has 0 aromatic heterocycles. The van der Waals surface area contributed by atoms with E-state index >= 15 is 0 Å². The first kappa shape index (κ1) is 13.5. The van der Waals surface area contributed by atoms with Crippen LogP contribution in [-0.2, 0) is 0 Å². The van der Waals surface area contributed by atoms with Gasteiger partial charge in [0.25, 0.3) is 0 Å². The molecule has 1 atom stereocenters. The zero-order chi connectivity index (χ0) is 13.7. The maximum absolute atomic E-state index is 13.5. The standard InChI is InChI=1S/C15H15F2NO/c16-13-8-4-7-12(15(13)17)14(18)9-10-19-11-5-2-1-3-6-11/h1-8,14H,9-10,18H2. The molecule has 0 saturated carbocycles. The second-order valence-electron chi connectivity index (χ2n) is 4.20. The fourth-order valence-corrected chi connectivity index (χ4v) is 1.78. The molecule has 0 saturated heterocycles. The van der Waals surface area contributed by atoms with Gasteiger partial charge >= 0.3 is 0 Å². The van der Waals surface area contributed by atoms with Crippen molar-refractivity contribution in [3.63, 3.8) is 0 Å². The Hall–Kier alpha value is -1.94. The summed E-state index contributed by atoms with van der Waals surface area (Å²) in [5.74, 6) is -1.03. The summed E-state index contributed by atoms with van der Waals surface area (Å²) in [4.78, 5) is 0. The summed E-state index contributed by atoms with van der Waals surface area (Å²) in [6, 6.07) is 12.7. The molecule has 2 aromatic carbocycles. The summed E-state index contributed by atoms with van der Waals surface area (Å²) in [6.45, 7) is 0.348. The molecule has 0 aliphatic heterocycles. The van der Waals surface area contributed by atoms with E-state index in [4.69, 9.17) is 10.5 Å². The van der Waals surface area contributed by atoms with E-state index < -0.39 is 17.7 Å². The molecule has 2 nitrogen and oxygen atoms in total. The van der Waals surface area contributed by atoms with Crippen molar-refractivity contribution in [2.75, 3.05) is 6.61 Å². The Morgan fingerprint density at radius 2 is 1.74 bits per heavy atom. The molecule has 1 unspecified atom stereocenters. The van der Waals surface area contributed by atoms with Crippen molar-refractivity contribution in [3.8, 4) is 5.75 Å². The van der Waals surface area contributed by atoms with E-state index in [2.05, 4.69) is 0 Å². The average molecular weight is 263 g/mol. The predicted molar refractivity (Wildman–Crippen MR) is 69.8 cm³/mol. The minimum absolute atomic E-state index is 0.177. The third kappa shape index (κ3) is 3.51. The van der Waals surface area contributed by atoms with Crippen molar-refractivity contribution < 1.29 is 13.5 Å². The Bertz CT molecular complexity index is 531. The van der Waals surface area contributed by atoms with E-state index in [0.717, 1.165) is 11.8 Å². The summed E-state index contributed by atoms with van der Waals surface area (Å²) < 4.78 is 32.0. The molecule has 2 N–H and O–H groups in total. The molecular formula is C15H15F2NO. The van der Waals surface area contributed by atoms with Crippen LogP contribution in [0.5, 0.6) is 5.75 Å². The monoisotopic (exact) mass is 263 g/mol. The predicted octanol–water partition coefficient (Wildman–Crippen LogP) is 3.43. The van der Waals surface area contributed by atoms with Gasteiger partial charge < -0.3 is 10.5 Å².